The van der Waals surface area contributed by atoms with E-state index in [9.17, 15) is 9.59 Å². The molecule has 0 fully saturated rings. The van der Waals surface area contributed by atoms with Crippen LogP contribution in [0.2, 0.25) is 0 Å². The number of ketones is 1. The van der Waals surface area contributed by atoms with Gasteiger partial charge in [0, 0.05) is 12.3 Å². The van der Waals surface area contributed by atoms with E-state index in [0.717, 1.165) is 6.42 Å². The summed E-state index contributed by atoms with van der Waals surface area (Å²) in [6.45, 7) is 16.5. The Labute approximate surface area is 147 Å². The van der Waals surface area contributed by atoms with Gasteiger partial charge >= 0.3 is 5.97 Å². The minimum Gasteiger partial charge on any atom is -0.457 e. The highest BCUT2D eigenvalue weighted by Gasteiger charge is 2.28. The van der Waals surface area contributed by atoms with E-state index >= 15 is 0 Å². The number of ether oxygens (including phenoxy) is 2. The van der Waals surface area contributed by atoms with Crippen LogP contribution in [0, 0.1) is 5.92 Å². The van der Waals surface area contributed by atoms with Crippen molar-refractivity contribution in [1.82, 2.24) is 5.32 Å². The second-order valence-electron chi connectivity index (χ2n) is 8.00. The van der Waals surface area contributed by atoms with Gasteiger partial charge in [-0.3, -0.25) is 9.59 Å². The van der Waals surface area contributed by atoms with Gasteiger partial charge in [-0.15, -0.1) is 0 Å². The third-order valence-corrected chi connectivity index (χ3v) is 3.77. The summed E-state index contributed by atoms with van der Waals surface area (Å²) < 4.78 is 11.2. The Morgan fingerprint density at radius 2 is 1.67 bits per heavy atom. The predicted molar refractivity (Wildman–Crippen MR) is 97.0 cm³/mol. The molecule has 142 valence electrons. The van der Waals surface area contributed by atoms with Gasteiger partial charge < -0.3 is 14.8 Å². The molecular formula is C19H37NO4. The molecule has 1 unspecified atom stereocenters. The zero-order valence-electron chi connectivity index (χ0n) is 16.8. The highest BCUT2D eigenvalue weighted by atomic mass is 16.6. The van der Waals surface area contributed by atoms with Crippen LogP contribution in [0.5, 0.6) is 0 Å². The van der Waals surface area contributed by atoms with Crippen LogP contribution in [-0.2, 0) is 19.1 Å². The average Bonchev–Trinajstić information content (AvgIpc) is 2.47. The maximum atomic E-state index is 12.3. The van der Waals surface area contributed by atoms with Crippen molar-refractivity contribution in [3.05, 3.63) is 0 Å². The number of likely N-dealkylation sites (N-methyl/N-ethyl adjacent to an activating group) is 1. The van der Waals surface area contributed by atoms with Crippen LogP contribution >= 0.6 is 0 Å². The molecule has 2 atom stereocenters. The summed E-state index contributed by atoms with van der Waals surface area (Å²) >= 11 is 0. The van der Waals surface area contributed by atoms with Crippen LogP contribution < -0.4 is 5.32 Å². The third kappa shape index (κ3) is 10.0. The monoisotopic (exact) mass is 343 g/mol. The number of carbonyl (C=O) groups is 2. The van der Waals surface area contributed by atoms with Crippen LogP contribution in [-0.4, -0.2) is 42.1 Å². The number of hydrogen-bond acceptors (Lipinski definition) is 5. The first-order chi connectivity index (χ1) is 10.9. The standard InChI is InChI=1S/C19H37NO4/c1-9-14(3)17(22)15(20-10-2)11-12-16(21)24-19(7,8)13-23-18(4,5)6/h14-15,20H,9-13H2,1-8H3/t14?,15-/m0/s1. The van der Waals surface area contributed by atoms with Gasteiger partial charge in [0.25, 0.3) is 0 Å². The minimum absolute atomic E-state index is 0.00157. The Kier molecular flexibility index (Phi) is 9.74. The van der Waals surface area contributed by atoms with Gasteiger partial charge in [-0.2, -0.15) is 0 Å². The normalized spacial score (nSPS) is 15.0. The molecule has 0 rings (SSSR count). The summed E-state index contributed by atoms with van der Waals surface area (Å²) in [4.78, 5) is 24.5. The van der Waals surface area contributed by atoms with E-state index < -0.39 is 5.60 Å². The summed E-state index contributed by atoms with van der Waals surface area (Å²) in [5.41, 5.74) is -0.957. The van der Waals surface area contributed by atoms with Gasteiger partial charge in [0.05, 0.1) is 18.2 Å². The van der Waals surface area contributed by atoms with Crippen molar-refractivity contribution in [2.45, 2.75) is 91.9 Å². The molecule has 0 heterocycles. The lowest BCUT2D eigenvalue weighted by Gasteiger charge is -2.30. The predicted octanol–water partition coefficient (Wildman–Crippen LogP) is 3.50. The van der Waals surface area contributed by atoms with Crippen LogP contribution in [0.15, 0.2) is 0 Å². The van der Waals surface area contributed by atoms with E-state index in [4.69, 9.17) is 9.47 Å². The smallest absolute Gasteiger partial charge is 0.306 e. The Hall–Kier alpha value is -0.940. The Morgan fingerprint density at radius 1 is 1.08 bits per heavy atom. The second kappa shape index (κ2) is 10.1. The highest BCUT2D eigenvalue weighted by molar-refractivity contribution is 5.86. The zero-order chi connectivity index (χ0) is 19.0. The molecular weight excluding hydrogens is 306 g/mol. The van der Waals surface area contributed by atoms with Crippen molar-refractivity contribution in [2.24, 2.45) is 5.92 Å². The van der Waals surface area contributed by atoms with Crippen LogP contribution in [0.1, 0.15) is 74.7 Å². The van der Waals surface area contributed by atoms with Gasteiger partial charge in [0.15, 0.2) is 5.78 Å². The molecule has 0 aliphatic carbocycles. The van der Waals surface area contributed by atoms with Gasteiger partial charge in [0.2, 0.25) is 0 Å². The summed E-state index contributed by atoms with van der Waals surface area (Å²) in [6, 6.07) is -0.286. The van der Waals surface area contributed by atoms with Crippen molar-refractivity contribution in [1.29, 1.82) is 0 Å². The van der Waals surface area contributed by atoms with E-state index in [0.29, 0.717) is 19.6 Å². The molecule has 0 aliphatic rings. The molecule has 0 bridgehead atoms. The number of nitrogens with one attached hydrogen (secondary N) is 1. The molecule has 0 radical (unpaired) electrons. The molecule has 0 aromatic rings. The molecule has 5 nitrogen and oxygen atoms in total. The number of esters is 1. The first kappa shape index (κ1) is 23.1. The molecule has 0 amide bonds. The molecule has 5 heteroatoms. The fourth-order valence-corrected chi connectivity index (χ4v) is 2.18. The quantitative estimate of drug-likeness (QED) is 0.582. The molecule has 0 spiro atoms. The van der Waals surface area contributed by atoms with Crippen LogP contribution in [0.25, 0.3) is 0 Å². The molecule has 0 aromatic carbocycles. The molecule has 0 aromatic heterocycles. The first-order valence-electron chi connectivity index (χ1n) is 9.04. The van der Waals surface area contributed by atoms with Crippen molar-refractivity contribution in [3.8, 4) is 0 Å². The lowest BCUT2D eigenvalue weighted by atomic mass is 9.94. The number of carbonyl (C=O) groups excluding carboxylic acids is 2. The lowest BCUT2D eigenvalue weighted by molar-refractivity contribution is -0.167. The van der Waals surface area contributed by atoms with Crippen LogP contribution in [0.3, 0.4) is 0 Å². The minimum atomic E-state index is -0.682. The first-order valence-corrected chi connectivity index (χ1v) is 9.04. The van der Waals surface area contributed by atoms with E-state index in [1.165, 1.54) is 0 Å². The lowest BCUT2D eigenvalue weighted by Crippen LogP contribution is -2.41. The molecule has 1 N–H and O–H groups in total. The van der Waals surface area contributed by atoms with Crippen molar-refractivity contribution in [2.75, 3.05) is 13.2 Å². The number of hydrogen-bond donors (Lipinski definition) is 1. The second-order valence-corrected chi connectivity index (χ2v) is 8.00. The highest BCUT2D eigenvalue weighted by Crippen LogP contribution is 2.17. The Balaban J connectivity index is 4.50. The fraction of sp³-hybridized carbons (Fsp3) is 0.895. The fourth-order valence-electron chi connectivity index (χ4n) is 2.18. The van der Waals surface area contributed by atoms with Gasteiger partial charge in [-0.05, 0) is 54.0 Å². The molecule has 0 saturated carbocycles. The maximum Gasteiger partial charge on any atom is 0.306 e. The van der Waals surface area contributed by atoms with Gasteiger partial charge in [-0.25, -0.2) is 0 Å². The van der Waals surface area contributed by atoms with Crippen molar-refractivity contribution in [3.63, 3.8) is 0 Å². The van der Waals surface area contributed by atoms with E-state index in [1.54, 1.807) is 0 Å². The van der Waals surface area contributed by atoms with E-state index in [1.807, 2.05) is 55.4 Å². The van der Waals surface area contributed by atoms with E-state index in [2.05, 4.69) is 5.32 Å². The summed E-state index contributed by atoms with van der Waals surface area (Å²) in [5, 5.41) is 3.18. The van der Waals surface area contributed by atoms with Crippen molar-refractivity contribution < 1.29 is 19.1 Å². The molecule has 24 heavy (non-hydrogen) atoms. The van der Waals surface area contributed by atoms with Crippen molar-refractivity contribution >= 4 is 11.8 Å². The average molecular weight is 344 g/mol. The van der Waals surface area contributed by atoms with Crippen LogP contribution in [0.4, 0.5) is 0 Å². The Bertz CT molecular complexity index is 399. The summed E-state index contributed by atoms with van der Waals surface area (Å²) in [7, 11) is 0. The van der Waals surface area contributed by atoms with E-state index in [-0.39, 0.29) is 35.7 Å². The van der Waals surface area contributed by atoms with Gasteiger partial charge in [0.1, 0.15) is 5.60 Å². The topological polar surface area (TPSA) is 64.6 Å². The zero-order valence-corrected chi connectivity index (χ0v) is 16.8. The molecule has 0 aliphatic heterocycles. The maximum absolute atomic E-state index is 12.3. The largest absolute Gasteiger partial charge is 0.457 e. The SMILES string of the molecule is CCN[C@@H](CCC(=O)OC(C)(C)COC(C)(C)C)C(=O)C(C)CC. The third-order valence-electron chi connectivity index (χ3n) is 3.77. The Morgan fingerprint density at radius 3 is 2.12 bits per heavy atom. The number of rotatable bonds is 11. The summed E-state index contributed by atoms with van der Waals surface area (Å²) in [6.07, 6.45) is 1.49. The summed E-state index contributed by atoms with van der Waals surface area (Å²) in [5.74, 6) is -0.124. The number of Topliss-reactive ketones (excluding diaryl/α,β-unsaturated/α-hetero) is 1. The van der Waals surface area contributed by atoms with Gasteiger partial charge in [-0.1, -0.05) is 20.8 Å². The molecule has 0 saturated heterocycles.